The quantitative estimate of drug-likeness (QED) is 0.461. The normalized spacial score (nSPS) is 13.2. The van der Waals surface area contributed by atoms with Crippen LogP contribution < -0.4 is 4.18 Å². The molecule has 5 nitrogen and oxygen atoms in total. The second kappa shape index (κ2) is 5.44. The van der Waals surface area contributed by atoms with E-state index in [0.717, 1.165) is 6.92 Å². The molecule has 0 fully saturated rings. The zero-order valence-electron chi connectivity index (χ0n) is 10.2. The van der Waals surface area contributed by atoms with E-state index >= 15 is 0 Å². The molecule has 1 rings (SSSR count). The van der Waals surface area contributed by atoms with Crippen molar-refractivity contribution in [1.82, 2.24) is 0 Å². The van der Waals surface area contributed by atoms with Gasteiger partial charge in [-0.05, 0) is 18.6 Å². The van der Waals surface area contributed by atoms with Crippen LogP contribution in [0.25, 0.3) is 0 Å². The minimum Gasteiger partial charge on any atom is -0.449 e. The maximum atomic E-state index is 13.0. The van der Waals surface area contributed by atoms with E-state index in [1.807, 2.05) is 0 Å². The van der Waals surface area contributed by atoms with Gasteiger partial charge in [0, 0.05) is 6.07 Å². The Hall–Kier alpha value is -1.37. The van der Waals surface area contributed by atoms with Crippen LogP contribution >= 0.6 is 0 Å². The van der Waals surface area contributed by atoms with Crippen molar-refractivity contribution in [2.24, 2.45) is 0 Å². The van der Waals surface area contributed by atoms with Crippen LogP contribution in [0.4, 0.5) is 20.7 Å². The van der Waals surface area contributed by atoms with Gasteiger partial charge in [0.15, 0.2) is 0 Å². The molecule has 0 saturated carbocycles. The Balaban J connectivity index is 3.53. The summed E-state index contributed by atoms with van der Waals surface area (Å²) in [6.07, 6.45) is -1.61. The van der Waals surface area contributed by atoms with Gasteiger partial charge in [-0.25, -0.2) is 0 Å². The molecular weight excluding hydrogens is 346 g/mol. The summed E-state index contributed by atoms with van der Waals surface area (Å²) >= 11 is 0. The van der Waals surface area contributed by atoms with E-state index < -0.39 is 55.8 Å². The average molecular weight is 353 g/mol. The zero-order chi connectivity index (χ0) is 16.6. The number of hydrogen-bond acceptors (Lipinski definition) is 5. The number of benzene rings is 1. The molecule has 0 aromatic heterocycles. The summed E-state index contributed by atoms with van der Waals surface area (Å²) < 4.78 is 109. The maximum absolute atomic E-state index is 13.0. The summed E-state index contributed by atoms with van der Waals surface area (Å²) in [5, 5.41) is 0. The average Bonchev–Trinajstić information content (AvgIpc) is 2.16. The van der Waals surface area contributed by atoms with Gasteiger partial charge in [-0.3, -0.25) is 0 Å². The van der Waals surface area contributed by atoms with Crippen LogP contribution in [0.15, 0.2) is 17.0 Å². The van der Waals surface area contributed by atoms with Crippen LogP contribution in [-0.2, 0) is 27.0 Å². The van der Waals surface area contributed by atoms with Crippen molar-refractivity contribution in [3.8, 4) is 5.75 Å². The Morgan fingerprint density at radius 1 is 1.10 bits per heavy atom. The highest BCUT2D eigenvalue weighted by molar-refractivity contribution is 7.86. The lowest BCUT2D eigenvalue weighted by molar-refractivity contribution is 0.438. The molecule has 0 N–H and O–H groups in total. The zero-order valence-corrected chi connectivity index (χ0v) is 11.8. The van der Waals surface area contributed by atoms with Gasteiger partial charge in [0.05, 0.1) is 0 Å². The molecule has 1 aromatic carbocycles. The predicted molar refractivity (Wildman–Crippen MR) is 62.9 cm³/mol. The first-order valence-corrected chi connectivity index (χ1v) is 7.81. The largest absolute Gasteiger partial charge is 0.488 e. The molecule has 0 aliphatic carbocycles. The van der Waals surface area contributed by atoms with Crippen molar-refractivity contribution in [1.29, 1.82) is 0 Å². The molecule has 0 saturated heterocycles. The molecule has 21 heavy (non-hydrogen) atoms. The van der Waals surface area contributed by atoms with Crippen molar-refractivity contribution in [2.75, 3.05) is 0 Å². The van der Waals surface area contributed by atoms with Crippen molar-refractivity contribution in [3.63, 3.8) is 0 Å². The van der Waals surface area contributed by atoms with E-state index in [2.05, 4.69) is 4.18 Å². The molecule has 0 aliphatic rings. The number of halogens is 5. The van der Waals surface area contributed by atoms with Crippen LogP contribution in [0.3, 0.4) is 0 Å². The van der Waals surface area contributed by atoms with E-state index in [4.69, 9.17) is 0 Å². The minimum absolute atomic E-state index is 0.286. The first-order chi connectivity index (χ1) is 9.19. The lowest BCUT2D eigenvalue weighted by atomic mass is 9.80. The lowest BCUT2D eigenvalue weighted by Crippen LogP contribution is -2.20. The first-order valence-electron chi connectivity index (χ1n) is 5.12. The summed E-state index contributed by atoms with van der Waals surface area (Å²) in [4.78, 5) is -1.22. The van der Waals surface area contributed by atoms with Gasteiger partial charge in [0.25, 0.3) is 0 Å². The van der Waals surface area contributed by atoms with Crippen LogP contribution in [0.2, 0.25) is 0 Å². The van der Waals surface area contributed by atoms with Gasteiger partial charge in [0.2, 0.25) is 0 Å². The SMILES string of the molecule is Cc1c(C[B-](F)(F)F)cc(OS(=O)(=O)F)cc1S(=O)(=O)F. The van der Waals surface area contributed by atoms with Crippen LogP contribution in [-0.4, -0.2) is 23.8 Å². The van der Waals surface area contributed by atoms with E-state index in [1.54, 1.807) is 0 Å². The van der Waals surface area contributed by atoms with Gasteiger partial charge in [0.1, 0.15) is 10.6 Å². The lowest BCUT2D eigenvalue weighted by Gasteiger charge is -2.17. The van der Waals surface area contributed by atoms with Crippen LogP contribution in [0, 0.1) is 6.92 Å². The van der Waals surface area contributed by atoms with Gasteiger partial charge in [-0.15, -0.1) is 3.89 Å². The summed E-state index contributed by atoms with van der Waals surface area (Å²) in [6.45, 7) is -4.52. The molecule has 0 atom stereocenters. The fraction of sp³-hybridized carbons (Fsp3) is 0.250. The molecule has 0 bridgehead atoms. The molecule has 0 unspecified atom stereocenters. The maximum Gasteiger partial charge on any atom is 0.488 e. The molecule has 1 aromatic rings. The minimum atomic E-state index is -5.61. The highest BCUT2D eigenvalue weighted by Crippen LogP contribution is 2.30. The second-order valence-electron chi connectivity index (χ2n) is 4.03. The summed E-state index contributed by atoms with van der Waals surface area (Å²) in [7, 11) is -11.1. The fourth-order valence-electron chi connectivity index (χ4n) is 1.60. The van der Waals surface area contributed by atoms with Crippen LogP contribution in [0.1, 0.15) is 11.1 Å². The molecule has 120 valence electrons. The smallest absolute Gasteiger partial charge is 0.449 e. The van der Waals surface area contributed by atoms with Crippen molar-refractivity contribution in [2.45, 2.75) is 18.1 Å². The van der Waals surface area contributed by atoms with Crippen molar-refractivity contribution in [3.05, 3.63) is 23.3 Å². The monoisotopic (exact) mass is 353 g/mol. The number of hydrogen-bond donors (Lipinski definition) is 0. The number of rotatable bonds is 5. The standard InChI is InChI=1S/C8H7BF5O5S2/c1-5-6(4-9(10,11)12)2-7(19-21(14,17)18)3-8(5)20(13,15)16/h2-3H,4H2,1H3/q-1. The fourth-order valence-corrected chi connectivity index (χ4v) is 2.67. The third-order valence-corrected chi connectivity index (χ3v) is 3.69. The Morgan fingerprint density at radius 3 is 2.00 bits per heavy atom. The molecule has 0 spiro atoms. The van der Waals surface area contributed by atoms with Gasteiger partial charge in [-0.1, -0.05) is 15.8 Å². The molecule has 0 heterocycles. The predicted octanol–water partition coefficient (Wildman–Crippen LogP) is 2.18. The Bertz CT molecular complexity index is 756. The molecule has 0 radical (unpaired) electrons. The van der Waals surface area contributed by atoms with E-state index in [9.17, 15) is 37.6 Å². The third-order valence-electron chi connectivity index (χ3n) is 2.35. The summed E-state index contributed by atoms with van der Waals surface area (Å²) in [5.41, 5.74) is -1.31. The summed E-state index contributed by atoms with van der Waals surface area (Å²) in [5.74, 6) is -1.07. The van der Waals surface area contributed by atoms with Gasteiger partial charge >= 0.3 is 27.7 Å². The summed E-state index contributed by atoms with van der Waals surface area (Å²) in [6, 6.07) is 0.769. The Kier molecular flexibility index (Phi) is 4.58. The third kappa shape index (κ3) is 5.49. The van der Waals surface area contributed by atoms with Gasteiger partial charge in [-0.2, -0.15) is 16.8 Å². The van der Waals surface area contributed by atoms with Crippen molar-refractivity contribution >= 4 is 27.7 Å². The van der Waals surface area contributed by atoms with E-state index in [-0.39, 0.29) is 6.07 Å². The molecule has 13 heteroatoms. The highest BCUT2D eigenvalue weighted by atomic mass is 32.3. The second-order valence-corrected chi connectivity index (χ2v) is 6.30. The topological polar surface area (TPSA) is 77.5 Å². The van der Waals surface area contributed by atoms with Crippen molar-refractivity contribution < 1.29 is 41.7 Å². The Morgan fingerprint density at radius 2 is 1.62 bits per heavy atom. The van der Waals surface area contributed by atoms with E-state index in [0.29, 0.717) is 6.07 Å². The highest BCUT2D eigenvalue weighted by Gasteiger charge is 2.28. The first kappa shape index (κ1) is 17.7. The van der Waals surface area contributed by atoms with Crippen LogP contribution in [0.5, 0.6) is 5.75 Å². The van der Waals surface area contributed by atoms with E-state index in [1.165, 1.54) is 0 Å². The molecule has 0 amide bonds. The molecule has 0 aliphatic heterocycles. The van der Waals surface area contributed by atoms with Gasteiger partial charge < -0.3 is 17.1 Å². The molecular formula is C8H7BF5O5S2-. The Labute approximate surface area is 117 Å².